The van der Waals surface area contributed by atoms with Gasteiger partial charge < -0.3 is 26.5 Å². The predicted molar refractivity (Wildman–Crippen MR) is 401 cm³/mol. The first-order chi connectivity index (χ1) is 47.6. The van der Waals surface area contributed by atoms with Crippen LogP contribution in [0, 0.1) is 6.92 Å². The van der Waals surface area contributed by atoms with E-state index in [0.717, 1.165) is 193 Å². The highest BCUT2D eigenvalue weighted by Crippen LogP contribution is 2.52. The Labute approximate surface area is 554 Å². The highest BCUT2D eigenvalue weighted by molar-refractivity contribution is 6.29. The molecule has 0 saturated heterocycles. The number of fused-ring (bicyclic) bond motifs is 20. The quantitative estimate of drug-likeness (QED) is 0.154. The third-order valence-electron chi connectivity index (χ3n) is 20.8. The number of furan rings is 6. The molecule has 0 spiro atoms. The van der Waals surface area contributed by atoms with Crippen LogP contribution in [0.25, 0.3) is 220 Å². The Hall–Kier alpha value is -12.4. The van der Waals surface area contributed by atoms with Crippen molar-refractivity contribution in [2.45, 2.75) is 33.1 Å². The second kappa shape index (κ2) is 19.8. The Bertz CT molecular complexity index is 6870. The summed E-state index contributed by atoms with van der Waals surface area (Å²) in [4.78, 5) is 0. The van der Waals surface area contributed by atoms with Crippen LogP contribution in [0.3, 0.4) is 0 Å². The van der Waals surface area contributed by atoms with Gasteiger partial charge in [-0.3, -0.25) is 0 Å². The van der Waals surface area contributed by atoms with Crippen molar-refractivity contribution in [1.29, 1.82) is 0 Å². The molecule has 0 saturated carbocycles. The van der Waals surface area contributed by atoms with E-state index in [0.29, 0.717) is 0 Å². The van der Waals surface area contributed by atoms with Crippen LogP contribution in [0.15, 0.2) is 294 Å². The molecule has 0 amide bonds. The van der Waals surface area contributed by atoms with Crippen molar-refractivity contribution in [1.82, 2.24) is 0 Å². The lowest BCUT2D eigenvalue weighted by atomic mass is 9.84. The zero-order chi connectivity index (χ0) is 64.1. The van der Waals surface area contributed by atoms with E-state index in [-0.39, 0.29) is 5.41 Å². The number of aryl methyl sites for hydroxylation is 1. The fourth-order valence-corrected chi connectivity index (χ4v) is 16.4. The molecule has 0 aliphatic rings. The molecular formula is C91H56O6. The van der Waals surface area contributed by atoms with Crippen molar-refractivity contribution in [2.24, 2.45) is 0 Å². The highest BCUT2D eigenvalue weighted by atomic mass is 16.4. The normalized spacial score (nSPS) is 12.5. The van der Waals surface area contributed by atoms with E-state index >= 15 is 0 Å². The number of benzene rings is 15. The molecule has 456 valence electrons. The molecule has 0 aliphatic carbocycles. The molecule has 97 heavy (non-hydrogen) atoms. The van der Waals surface area contributed by atoms with Crippen LogP contribution < -0.4 is 0 Å². The van der Waals surface area contributed by atoms with Crippen LogP contribution in [-0.2, 0) is 5.41 Å². The van der Waals surface area contributed by atoms with E-state index in [1.807, 2.05) is 25.3 Å². The first-order valence-electron chi connectivity index (χ1n) is 33.3. The standard InChI is InChI=1S/C91H56O6/c1-49-44-53-18-15-30-69(84(53)93-49)80-61-24-9-11-26-63(61)81(64-27-12-10-25-62(64)80)70-31-16-29-65-66-41-42-71-83-55(28-17-33-78(83)95-90(71)88(66)96-85(65)70)50-34-36-51(37-35-50)72-46-54(91(2,3)4)47-74-68-40-39-67-73-45-52(38-43-77(73)94-87(67)89(68)97-86(72)74)79-57-20-5-7-22-59(57)82(60-23-8-6-21-58(60)79)75-48-92-76-32-14-13-19-56(75)76/h5-48H,1-4H3. The van der Waals surface area contributed by atoms with Gasteiger partial charge in [-0.25, -0.2) is 0 Å². The van der Waals surface area contributed by atoms with Crippen molar-refractivity contribution >= 4 is 153 Å². The van der Waals surface area contributed by atoms with Crippen LogP contribution >= 0.6 is 0 Å². The Balaban J connectivity index is 0.676. The number of hydrogen-bond acceptors (Lipinski definition) is 6. The van der Waals surface area contributed by atoms with Crippen LogP contribution in [0.4, 0.5) is 0 Å². The molecule has 6 heteroatoms. The summed E-state index contributed by atoms with van der Waals surface area (Å²) in [6, 6.07) is 93.8. The summed E-state index contributed by atoms with van der Waals surface area (Å²) >= 11 is 0. The lowest BCUT2D eigenvalue weighted by Gasteiger charge is -2.20. The van der Waals surface area contributed by atoms with Gasteiger partial charge in [0.2, 0.25) is 0 Å². The van der Waals surface area contributed by atoms with Crippen LogP contribution in [-0.4, -0.2) is 0 Å². The van der Waals surface area contributed by atoms with Gasteiger partial charge in [0.05, 0.1) is 6.26 Å². The SMILES string of the molecule is Cc1cc2cccc(-c3c4ccccc4c(-c4cccc5c4oc4c5ccc5c4oc4cccc(-c6ccc(-c7cc(C(C)(C)C)cc8c7oc7c8ccc8c9cc(-c%10c%11ccccc%11c(-c%11coc%12ccccc%11%12)c%11ccccc%10%11)ccc9oc87)cc6)c45)c4ccccc34)c2o1. The average molecular weight is 1250 g/mol. The molecule has 0 unspecified atom stereocenters. The van der Waals surface area contributed by atoms with E-state index in [4.69, 9.17) is 26.5 Å². The monoisotopic (exact) mass is 1240 g/mol. The Kier molecular flexibility index (Phi) is 11.1. The van der Waals surface area contributed by atoms with Crippen LogP contribution in [0.5, 0.6) is 0 Å². The van der Waals surface area contributed by atoms with Gasteiger partial charge in [-0.15, -0.1) is 0 Å². The van der Waals surface area contributed by atoms with Gasteiger partial charge in [-0.2, -0.15) is 0 Å². The second-order valence-corrected chi connectivity index (χ2v) is 27.3. The smallest absolute Gasteiger partial charge is 0.178 e. The molecular weight excluding hydrogens is 1190 g/mol. The van der Waals surface area contributed by atoms with E-state index in [1.54, 1.807) is 0 Å². The summed E-state index contributed by atoms with van der Waals surface area (Å²) in [6.45, 7) is 8.85. The van der Waals surface area contributed by atoms with Gasteiger partial charge in [0, 0.05) is 92.8 Å². The fourth-order valence-electron chi connectivity index (χ4n) is 16.4. The van der Waals surface area contributed by atoms with E-state index < -0.39 is 0 Å². The van der Waals surface area contributed by atoms with Crippen molar-refractivity contribution < 1.29 is 26.5 Å². The zero-order valence-electron chi connectivity index (χ0n) is 53.4. The molecule has 0 radical (unpaired) electrons. The molecule has 21 aromatic rings. The summed E-state index contributed by atoms with van der Waals surface area (Å²) in [5.41, 5.74) is 22.2. The number of rotatable bonds is 6. The summed E-state index contributed by atoms with van der Waals surface area (Å²) in [7, 11) is 0. The van der Waals surface area contributed by atoms with Crippen molar-refractivity contribution in [2.75, 3.05) is 0 Å². The summed E-state index contributed by atoms with van der Waals surface area (Å²) < 4.78 is 40.9. The lowest BCUT2D eigenvalue weighted by Crippen LogP contribution is -2.11. The van der Waals surface area contributed by atoms with Gasteiger partial charge in [-0.1, -0.05) is 215 Å². The van der Waals surface area contributed by atoms with Gasteiger partial charge >= 0.3 is 0 Å². The van der Waals surface area contributed by atoms with Gasteiger partial charge in [0.1, 0.15) is 39.3 Å². The molecule has 0 bridgehead atoms. The molecule has 15 aromatic carbocycles. The zero-order valence-corrected chi connectivity index (χ0v) is 53.4. The molecule has 6 nitrogen and oxygen atoms in total. The fraction of sp³-hybridized carbons (Fsp3) is 0.0549. The molecule has 0 fully saturated rings. The van der Waals surface area contributed by atoms with Gasteiger partial charge in [0.25, 0.3) is 0 Å². The maximum absolute atomic E-state index is 7.24. The van der Waals surface area contributed by atoms with Gasteiger partial charge in [-0.05, 0) is 156 Å². The second-order valence-electron chi connectivity index (χ2n) is 27.3. The van der Waals surface area contributed by atoms with Crippen molar-refractivity contribution in [3.05, 3.63) is 278 Å². The molecule has 0 N–H and O–H groups in total. The van der Waals surface area contributed by atoms with Gasteiger partial charge in [0.15, 0.2) is 22.3 Å². The molecule has 0 aliphatic heterocycles. The third kappa shape index (κ3) is 7.72. The largest absolute Gasteiger partial charge is 0.464 e. The topological polar surface area (TPSA) is 78.8 Å². The maximum Gasteiger partial charge on any atom is 0.178 e. The van der Waals surface area contributed by atoms with E-state index in [1.165, 1.54) is 38.2 Å². The lowest BCUT2D eigenvalue weighted by molar-refractivity contribution is 0.579. The first-order valence-corrected chi connectivity index (χ1v) is 33.3. The van der Waals surface area contributed by atoms with E-state index in [2.05, 4.69) is 269 Å². The van der Waals surface area contributed by atoms with Crippen molar-refractivity contribution in [3.63, 3.8) is 0 Å². The predicted octanol–water partition coefficient (Wildman–Crippen LogP) is 27.0. The molecule has 6 aromatic heterocycles. The summed E-state index contributed by atoms with van der Waals surface area (Å²) in [5, 5.41) is 19.6. The van der Waals surface area contributed by atoms with Crippen LogP contribution in [0.1, 0.15) is 32.1 Å². The summed E-state index contributed by atoms with van der Waals surface area (Å²) in [5.74, 6) is 0.892. The number of hydrogen-bond donors (Lipinski definition) is 0. The van der Waals surface area contributed by atoms with E-state index in [9.17, 15) is 0 Å². The molecule has 0 atom stereocenters. The Morgan fingerprint density at radius 3 is 1.33 bits per heavy atom. The summed E-state index contributed by atoms with van der Waals surface area (Å²) in [6.07, 6.45) is 1.91. The first kappa shape index (κ1) is 54.1. The number of para-hydroxylation sites is 3. The average Bonchev–Trinajstić information content (AvgIpc) is 1.72. The Morgan fingerprint density at radius 1 is 0.247 bits per heavy atom. The minimum absolute atomic E-state index is 0.152. The minimum atomic E-state index is -0.152. The minimum Gasteiger partial charge on any atom is -0.464 e. The molecule has 6 heterocycles. The van der Waals surface area contributed by atoms with Crippen molar-refractivity contribution in [3.8, 4) is 66.8 Å². The maximum atomic E-state index is 7.24. The highest BCUT2D eigenvalue weighted by Gasteiger charge is 2.28. The molecule has 21 rings (SSSR count). The third-order valence-corrected chi connectivity index (χ3v) is 20.8. The Morgan fingerprint density at radius 2 is 0.691 bits per heavy atom. The van der Waals surface area contributed by atoms with Crippen LogP contribution in [0.2, 0.25) is 0 Å².